The fraction of sp³-hybridized carbons (Fsp3) is 0.286. The van der Waals surface area contributed by atoms with Gasteiger partial charge in [0, 0.05) is 12.4 Å². The van der Waals surface area contributed by atoms with Crippen molar-refractivity contribution in [3.63, 3.8) is 0 Å². The molecule has 4 nitrogen and oxygen atoms in total. The van der Waals surface area contributed by atoms with Gasteiger partial charge in [-0.15, -0.1) is 0 Å². The van der Waals surface area contributed by atoms with E-state index in [0.717, 1.165) is 5.56 Å². The fourth-order valence-electron chi connectivity index (χ4n) is 0.902. The number of aromatic nitrogens is 1. The highest BCUT2D eigenvalue weighted by Gasteiger charge is 2.03. The number of nitrogens with one attached hydrogen (secondary N) is 2. The number of nitrogens with zero attached hydrogens (tertiary/aromatic N) is 1. The maximum absolute atomic E-state index is 5.28. The van der Waals surface area contributed by atoms with E-state index < -0.39 is 0 Å². The summed E-state index contributed by atoms with van der Waals surface area (Å²) in [7, 11) is 1.84. The average molecular weight is 152 g/mol. The van der Waals surface area contributed by atoms with Gasteiger partial charge in [-0.3, -0.25) is 10.8 Å². The molecule has 0 fully saturated rings. The standard InChI is InChI=1S/C7H12N4/c1-9-7(11-8)6-2-4-10-5-3-6/h2-5,7,9,11H,8H2,1H3. The number of nitrogens with two attached hydrogens (primary N) is 1. The molecule has 1 heterocycles. The molecule has 0 aliphatic carbocycles. The van der Waals surface area contributed by atoms with Gasteiger partial charge >= 0.3 is 0 Å². The second kappa shape index (κ2) is 4.02. The Morgan fingerprint density at radius 2 is 2.09 bits per heavy atom. The van der Waals surface area contributed by atoms with Crippen molar-refractivity contribution >= 4 is 0 Å². The number of rotatable bonds is 3. The highest BCUT2D eigenvalue weighted by molar-refractivity contribution is 5.13. The van der Waals surface area contributed by atoms with Crippen molar-refractivity contribution in [3.8, 4) is 0 Å². The van der Waals surface area contributed by atoms with Crippen LogP contribution in [0.4, 0.5) is 0 Å². The van der Waals surface area contributed by atoms with Gasteiger partial charge in [0.25, 0.3) is 0 Å². The zero-order valence-corrected chi connectivity index (χ0v) is 6.41. The molecule has 0 amide bonds. The highest BCUT2D eigenvalue weighted by Crippen LogP contribution is 2.04. The normalized spacial score (nSPS) is 12.9. The predicted octanol–water partition coefficient (Wildman–Crippen LogP) is -0.237. The Balaban J connectivity index is 2.74. The molecule has 0 spiro atoms. The van der Waals surface area contributed by atoms with Crippen LogP contribution < -0.4 is 16.6 Å². The van der Waals surface area contributed by atoms with Crippen molar-refractivity contribution in [2.24, 2.45) is 5.84 Å². The molecule has 4 N–H and O–H groups in total. The first-order valence-electron chi connectivity index (χ1n) is 3.42. The molecule has 0 bridgehead atoms. The molecule has 0 aromatic carbocycles. The van der Waals surface area contributed by atoms with Gasteiger partial charge in [-0.2, -0.15) is 0 Å². The largest absolute Gasteiger partial charge is 0.300 e. The number of hydrogen-bond donors (Lipinski definition) is 3. The summed E-state index contributed by atoms with van der Waals surface area (Å²) in [6.07, 6.45) is 3.46. The van der Waals surface area contributed by atoms with Gasteiger partial charge in [0.15, 0.2) is 0 Å². The molecular weight excluding hydrogens is 140 g/mol. The minimum Gasteiger partial charge on any atom is -0.300 e. The lowest BCUT2D eigenvalue weighted by Gasteiger charge is -2.13. The second-order valence-corrected chi connectivity index (χ2v) is 2.17. The quantitative estimate of drug-likeness (QED) is 0.318. The number of hydrazine groups is 1. The van der Waals surface area contributed by atoms with Crippen LogP contribution in [0.15, 0.2) is 24.5 Å². The first-order chi connectivity index (χ1) is 5.38. The van der Waals surface area contributed by atoms with E-state index in [1.54, 1.807) is 12.4 Å². The number of hydrogen-bond acceptors (Lipinski definition) is 4. The van der Waals surface area contributed by atoms with Crippen molar-refractivity contribution in [1.82, 2.24) is 15.7 Å². The lowest BCUT2D eigenvalue weighted by molar-refractivity contribution is 0.488. The van der Waals surface area contributed by atoms with Crippen molar-refractivity contribution in [3.05, 3.63) is 30.1 Å². The molecule has 4 heteroatoms. The molecule has 1 rings (SSSR count). The maximum atomic E-state index is 5.28. The van der Waals surface area contributed by atoms with E-state index in [0.29, 0.717) is 0 Å². The van der Waals surface area contributed by atoms with Gasteiger partial charge in [0.1, 0.15) is 0 Å². The summed E-state index contributed by atoms with van der Waals surface area (Å²) in [5.74, 6) is 5.28. The fourth-order valence-corrected chi connectivity index (χ4v) is 0.902. The Bertz CT molecular complexity index is 195. The zero-order chi connectivity index (χ0) is 8.10. The molecule has 1 atom stereocenters. The van der Waals surface area contributed by atoms with Gasteiger partial charge in [-0.25, -0.2) is 5.43 Å². The van der Waals surface area contributed by atoms with Crippen LogP contribution in [0.3, 0.4) is 0 Å². The van der Waals surface area contributed by atoms with Gasteiger partial charge in [0.2, 0.25) is 0 Å². The third-order valence-corrected chi connectivity index (χ3v) is 1.49. The second-order valence-electron chi connectivity index (χ2n) is 2.17. The van der Waals surface area contributed by atoms with E-state index >= 15 is 0 Å². The van der Waals surface area contributed by atoms with Crippen LogP contribution in [-0.4, -0.2) is 12.0 Å². The van der Waals surface area contributed by atoms with E-state index in [1.165, 1.54) is 0 Å². The average Bonchev–Trinajstić information content (AvgIpc) is 2.09. The minimum absolute atomic E-state index is 0.00185. The Labute approximate surface area is 65.8 Å². The molecule has 11 heavy (non-hydrogen) atoms. The van der Waals surface area contributed by atoms with E-state index in [4.69, 9.17) is 5.84 Å². The molecule has 0 saturated heterocycles. The van der Waals surface area contributed by atoms with E-state index in [2.05, 4.69) is 15.7 Å². The first kappa shape index (κ1) is 8.13. The van der Waals surface area contributed by atoms with E-state index in [1.807, 2.05) is 19.2 Å². The van der Waals surface area contributed by atoms with Crippen molar-refractivity contribution < 1.29 is 0 Å². The minimum atomic E-state index is -0.00185. The van der Waals surface area contributed by atoms with Crippen LogP contribution in [0.2, 0.25) is 0 Å². The summed E-state index contributed by atoms with van der Waals surface area (Å²) < 4.78 is 0. The summed E-state index contributed by atoms with van der Waals surface area (Å²) in [6, 6.07) is 3.81. The van der Waals surface area contributed by atoms with Crippen molar-refractivity contribution in [2.75, 3.05) is 7.05 Å². The summed E-state index contributed by atoms with van der Waals surface area (Å²) in [4.78, 5) is 3.90. The Kier molecular flexibility index (Phi) is 2.97. The van der Waals surface area contributed by atoms with Crippen LogP contribution >= 0.6 is 0 Å². The van der Waals surface area contributed by atoms with Gasteiger partial charge in [-0.05, 0) is 24.7 Å². The molecule has 0 saturated carbocycles. The van der Waals surface area contributed by atoms with Crippen molar-refractivity contribution in [1.29, 1.82) is 0 Å². The summed E-state index contributed by atoms with van der Waals surface area (Å²) in [5, 5.41) is 3.00. The summed E-state index contributed by atoms with van der Waals surface area (Å²) in [6.45, 7) is 0. The third kappa shape index (κ3) is 1.98. The topological polar surface area (TPSA) is 63.0 Å². The molecule has 1 aromatic heterocycles. The number of pyridine rings is 1. The van der Waals surface area contributed by atoms with Crippen LogP contribution in [0.25, 0.3) is 0 Å². The van der Waals surface area contributed by atoms with E-state index in [-0.39, 0.29) is 6.17 Å². The lowest BCUT2D eigenvalue weighted by atomic mass is 10.2. The van der Waals surface area contributed by atoms with Crippen LogP contribution in [0.1, 0.15) is 11.7 Å². The zero-order valence-electron chi connectivity index (χ0n) is 6.41. The van der Waals surface area contributed by atoms with E-state index in [9.17, 15) is 0 Å². The maximum Gasteiger partial charge on any atom is 0.0959 e. The van der Waals surface area contributed by atoms with Gasteiger partial charge in [-0.1, -0.05) is 0 Å². The Hall–Kier alpha value is -0.970. The van der Waals surface area contributed by atoms with Crippen molar-refractivity contribution in [2.45, 2.75) is 6.17 Å². The van der Waals surface area contributed by atoms with Crippen LogP contribution in [-0.2, 0) is 0 Å². The van der Waals surface area contributed by atoms with Gasteiger partial charge in [0.05, 0.1) is 6.17 Å². The van der Waals surface area contributed by atoms with Crippen LogP contribution in [0, 0.1) is 0 Å². The lowest BCUT2D eigenvalue weighted by Crippen LogP contribution is -2.36. The SMILES string of the molecule is CNC(NN)c1ccncc1. The molecule has 0 aliphatic rings. The predicted molar refractivity (Wildman–Crippen MR) is 43.4 cm³/mol. The smallest absolute Gasteiger partial charge is 0.0959 e. The monoisotopic (exact) mass is 152 g/mol. The van der Waals surface area contributed by atoms with Crippen LogP contribution in [0.5, 0.6) is 0 Å². The molecule has 0 aliphatic heterocycles. The molecule has 1 unspecified atom stereocenters. The van der Waals surface area contributed by atoms with Gasteiger partial charge < -0.3 is 5.32 Å². The Morgan fingerprint density at radius 1 is 1.45 bits per heavy atom. The third-order valence-electron chi connectivity index (χ3n) is 1.49. The summed E-state index contributed by atoms with van der Waals surface area (Å²) in [5.41, 5.74) is 3.70. The molecule has 60 valence electrons. The first-order valence-corrected chi connectivity index (χ1v) is 3.42. The summed E-state index contributed by atoms with van der Waals surface area (Å²) >= 11 is 0. The molecule has 1 aromatic rings. The molecular formula is C7H12N4. The molecule has 0 radical (unpaired) electrons. The highest BCUT2D eigenvalue weighted by atomic mass is 15.3. The Morgan fingerprint density at radius 3 is 2.55 bits per heavy atom.